The van der Waals surface area contributed by atoms with Crippen molar-refractivity contribution in [2.45, 2.75) is 57.8 Å². The summed E-state index contributed by atoms with van der Waals surface area (Å²) < 4.78 is 0. The number of imide groups is 1. The average Bonchev–Trinajstić information content (AvgIpc) is 2.79. The Balaban J connectivity index is 1.16. The largest absolute Gasteiger partial charge is 0.356 e. The summed E-state index contributed by atoms with van der Waals surface area (Å²) in [5, 5.41) is 3.08. The van der Waals surface area contributed by atoms with Crippen LogP contribution in [0.3, 0.4) is 0 Å². The van der Waals surface area contributed by atoms with Crippen LogP contribution in [-0.4, -0.2) is 54.3 Å². The highest BCUT2D eigenvalue weighted by Crippen LogP contribution is 2.61. The molecular formula is C20H31N3O3. The van der Waals surface area contributed by atoms with Crippen LogP contribution in [0.25, 0.3) is 0 Å². The van der Waals surface area contributed by atoms with Crippen LogP contribution in [0.15, 0.2) is 0 Å². The van der Waals surface area contributed by atoms with Gasteiger partial charge < -0.3 is 10.2 Å². The zero-order valence-corrected chi connectivity index (χ0v) is 15.8. The summed E-state index contributed by atoms with van der Waals surface area (Å²) in [7, 11) is 1.62. The zero-order valence-electron chi connectivity index (χ0n) is 15.8. The van der Waals surface area contributed by atoms with Crippen LogP contribution in [0.1, 0.15) is 57.8 Å². The first kappa shape index (κ1) is 17.8. The Hall–Kier alpha value is -1.59. The molecule has 1 saturated heterocycles. The third kappa shape index (κ3) is 3.47. The number of amides is 4. The second kappa shape index (κ2) is 6.86. The fraction of sp³-hybridized carbons (Fsp3) is 0.850. The van der Waals surface area contributed by atoms with Crippen LogP contribution in [0.5, 0.6) is 0 Å². The molecule has 0 unspecified atom stereocenters. The quantitative estimate of drug-likeness (QED) is 0.708. The fourth-order valence-corrected chi connectivity index (χ4v) is 6.44. The van der Waals surface area contributed by atoms with E-state index < -0.39 is 0 Å². The zero-order chi connectivity index (χ0) is 18.3. The van der Waals surface area contributed by atoms with Crippen LogP contribution >= 0.6 is 0 Å². The Morgan fingerprint density at radius 2 is 1.73 bits per heavy atom. The van der Waals surface area contributed by atoms with Crippen molar-refractivity contribution >= 4 is 17.8 Å². The maximum atomic E-state index is 12.1. The van der Waals surface area contributed by atoms with Crippen molar-refractivity contribution in [1.29, 1.82) is 0 Å². The average molecular weight is 361 g/mol. The Morgan fingerprint density at radius 1 is 1.12 bits per heavy atom. The number of nitrogens with one attached hydrogen (secondary N) is 1. The summed E-state index contributed by atoms with van der Waals surface area (Å²) >= 11 is 0. The van der Waals surface area contributed by atoms with Crippen LogP contribution in [-0.2, 0) is 9.59 Å². The minimum Gasteiger partial charge on any atom is -0.356 e. The lowest BCUT2D eigenvalue weighted by molar-refractivity contribution is -0.126. The molecule has 4 aliphatic carbocycles. The molecule has 5 fully saturated rings. The van der Waals surface area contributed by atoms with Gasteiger partial charge in [-0.25, -0.2) is 4.79 Å². The lowest BCUT2D eigenvalue weighted by atomic mass is 9.49. The number of hydrogen-bond donors (Lipinski definition) is 1. The van der Waals surface area contributed by atoms with Crippen molar-refractivity contribution in [3.05, 3.63) is 0 Å². The highest BCUT2D eigenvalue weighted by Gasteiger charge is 2.50. The van der Waals surface area contributed by atoms with Gasteiger partial charge in [-0.1, -0.05) is 0 Å². The number of urea groups is 1. The molecule has 5 rings (SSSR count). The van der Waals surface area contributed by atoms with Gasteiger partial charge in [0.1, 0.15) is 6.54 Å². The molecule has 4 bridgehead atoms. The molecule has 6 heteroatoms. The summed E-state index contributed by atoms with van der Waals surface area (Å²) in [5.74, 6) is 2.73. The number of carbonyl (C=O) groups is 3. The maximum absolute atomic E-state index is 12.1. The van der Waals surface area contributed by atoms with Crippen molar-refractivity contribution in [1.82, 2.24) is 15.1 Å². The first-order chi connectivity index (χ1) is 12.4. The van der Waals surface area contributed by atoms with E-state index in [0.717, 1.165) is 30.7 Å². The van der Waals surface area contributed by atoms with E-state index in [-0.39, 0.29) is 24.4 Å². The SMILES string of the molecule is CN1CC(=O)N(CCCC(=O)NCCC23CC4CC(CC(C4)C2)C3)C1=O. The molecule has 1 N–H and O–H groups in total. The smallest absolute Gasteiger partial charge is 0.326 e. The number of carbonyl (C=O) groups excluding carboxylic acids is 3. The molecule has 1 heterocycles. The summed E-state index contributed by atoms with van der Waals surface area (Å²) in [6.07, 6.45) is 10.5. The molecule has 6 nitrogen and oxygen atoms in total. The van der Waals surface area contributed by atoms with E-state index in [1.165, 1.54) is 48.3 Å². The van der Waals surface area contributed by atoms with E-state index in [4.69, 9.17) is 0 Å². The van der Waals surface area contributed by atoms with Gasteiger partial charge in [0.2, 0.25) is 11.8 Å². The van der Waals surface area contributed by atoms with Gasteiger partial charge >= 0.3 is 6.03 Å². The van der Waals surface area contributed by atoms with E-state index in [0.29, 0.717) is 24.8 Å². The standard InChI is InChI=1S/C20H31N3O3/c1-22-13-18(25)23(19(22)26)6-2-3-17(24)21-5-4-20-10-14-7-15(11-20)9-16(8-14)12-20/h14-16H,2-13H2,1H3,(H,21,24). The second-order valence-electron chi connectivity index (χ2n) is 9.31. The minimum atomic E-state index is -0.253. The summed E-state index contributed by atoms with van der Waals surface area (Å²) in [5.41, 5.74) is 0.501. The van der Waals surface area contributed by atoms with Crippen molar-refractivity contribution in [3.63, 3.8) is 0 Å². The topological polar surface area (TPSA) is 69.7 Å². The highest BCUT2D eigenvalue weighted by atomic mass is 16.2. The molecule has 0 atom stereocenters. The van der Waals surface area contributed by atoms with Crippen molar-refractivity contribution in [2.75, 3.05) is 26.7 Å². The number of rotatable bonds is 7. The van der Waals surface area contributed by atoms with Crippen LogP contribution < -0.4 is 5.32 Å². The predicted molar refractivity (Wildman–Crippen MR) is 97.2 cm³/mol. The van der Waals surface area contributed by atoms with Crippen LogP contribution in [0.4, 0.5) is 4.79 Å². The molecule has 26 heavy (non-hydrogen) atoms. The van der Waals surface area contributed by atoms with Gasteiger partial charge in [0.15, 0.2) is 0 Å². The Labute approximate surface area is 155 Å². The van der Waals surface area contributed by atoms with Gasteiger partial charge in [-0.05, 0) is 74.5 Å². The molecule has 0 aromatic heterocycles. The van der Waals surface area contributed by atoms with Gasteiger partial charge in [-0.2, -0.15) is 0 Å². The lowest BCUT2D eigenvalue weighted by Gasteiger charge is -2.57. The van der Waals surface area contributed by atoms with Crippen molar-refractivity contribution in [3.8, 4) is 0 Å². The van der Waals surface area contributed by atoms with E-state index in [9.17, 15) is 14.4 Å². The molecule has 0 aromatic carbocycles. The second-order valence-corrected chi connectivity index (χ2v) is 9.31. The van der Waals surface area contributed by atoms with E-state index in [2.05, 4.69) is 5.32 Å². The summed E-state index contributed by atoms with van der Waals surface area (Å²) in [6.45, 7) is 1.26. The molecule has 4 saturated carbocycles. The lowest BCUT2D eigenvalue weighted by Crippen LogP contribution is -2.47. The molecule has 0 spiro atoms. The van der Waals surface area contributed by atoms with E-state index in [1.807, 2.05) is 0 Å². The molecule has 5 aliphatic rings. The first-order valence-corrected chi connectivity index (χ1v) is 10.3. The number of hydrogen-bond acceptors (Lipinski definition) is 3. The van der Waals surface area contributed by atoms with E-state index >= 15 is 0 Å². The van der Waals surface area contributed by atoms with E-state index in [1.54, 1.807) is 7.05 Å². The normalized spacial score (nSPS) is 35.5. The molecule has 0 aromatic rings. The number of nitrogens with zero attached hydrogens (tertiary/aromatic N) is 2. The summed E-state index contributed by atoms with van der Waals surface area (Å²) in [4.78, 5) is 38.3. The molecular weight excluding hydrogens is 330 g/mol. The maximum Gasteiger partial charge on any atom is 0.326 e. The Bertz CT molecular complexity index is 568. The minimum absolute atomic E-state index is 0.0437. The van der Waals surface area contributed by atoms with Gasteiger partial charge in [0, 0.05) is 26.6 Å². The van der Waals surface area contributed by atoms with Gasteiger partial charge in [0.05, 0.1) is 0 Å². The third-order valence-electron chi connectivity index (χ3n) is 7.16. The van der Waals surface area contributed by atoms with Gasteiger partial charge in [-0.15, -0.1) is 0 Å². The summed E-state index contributed by atoms with van der Waals surface area (Å²) in [6, 6.07) is -0.253. The predicted octanol–water partition coefficient (Wildman–Crippen LogP) is 2.38. The molecule has 144 valence electrons. The van der Waals surface area contributed by atoms with Crippen molar-refractivity contribution < 1.29 is 14.4 Å². The van der Waals surface area contributed by atoms with Crippen LogP contribution in [0, 0.1) is 23.2 Å². The third-order valence-corrected chi connectivity index (χ3v) is 7.16. The van der Waals surface area contributed by atoms with Crippen LogP contribution in [0.2, 0.25) is 0 Å². The van der Waals surface area contributed by atoms with Gasteiger partial charge in [-0.3, -0.25) is 14.5 Å². The number of likely N-dealkylation sites (N-methyl/N-ethyl adjacent to an activating group) is 1. The monoisotopic (exact) mass is 361 g/mol. The van der Waals surface area contributed by atoms with Crippen molar-refractivity contribution in [2.24, 2.45) is 23.2 Å². The molecule has 0 radical (unpaired) electrons. The fourth-order valence-electron chi connectivity index (χ4n) is 6.44. The van der Waals surface area contributed by atoms with Gasteiger partial charge in [0.25, 0.3) is 0 Å². The highest BCUT2D eigenvalue weighted by molar-refractivity contribution is 6.01. The molecule has 1 aliphatic heterocycles. The Morgan fingerprint density at radius 3 is 2.27 bits per heavy atom. The molecule has 4 amide bonds. The Kier molecular flexibility index (Phi) is 4.70. The first-order valence-electron chi connectivity index (χ1n) is 10.3.